The van der Waals surface area contributed by atoms with Gasteiger partial charge in [0, 0.05) is 23.3 Å². The number of fused-ring (bicyclic) bond motifs is 1. The number of aromatic nitrogens is 2. The van der Waals surface area contributed by atoms with Gasteiger partial charge >= 0.3 is 0 Å². The van der Waals surface area contributed by atoms with Crippen LogP contribution in [0.25, 0.3) is 10.9 Å². The number of nitrogens with zero attached hydrogens (tertiary/aromatic N) is 1. The molecule has 15 heavy (non-hydrogen) atoms. The largest absolute Gasteiger partial charge is 0.481 e. The standard InChI is InChI=1S/C11H13ClN2O/c1-6(2)11-10(12)7-5-13-9(15-3)4-8(7)14-11/h4-6,14H,1-3H3. The van der Waals surface area contributed by atoms with Crippen molar-refractivity contribution in [1.82, 2.24) is 9.97 Å². The van der Waals surface area contributed by atoms with E-state index in [1.54, 1.807) is 13.3 Å². The van der Waals surface area contributed by atoms with Crippen LogP contribution >= 0.6 is 11.6 Å². The van der Waals surface area contributed by atoms with Gasteiger partial charge in [0.05, 0.1) is 17.6 Å². The summed E-state index contributed by atoms with van der Waals surface area (Å²) in [5.74, 6) is 0.964. The van der Waals surface area contributed by atoms with Gasteiger partial charge in [0.15, 0.2) is 0 Å². The summed E-state index contributed by atoms with van der Waals surface area (Å²) in [5.41, 5.74) is 2.01. The zero-order chi connectivity index (χ0) is 11.0. The molecule has 0 saturated heterocycles. The Morgan fingerprint density at radius 2 is 2.20 bits per heavy atom. The monoisotopic (exact) mass is 224 g/mol. The number of H-pyrrole nitrogens is 1. The van der Waals surface area contributed by atoms with Crippen molar-refractivity contribution in [3.8, 4) is 5.88 Å². The van der Waals surface area contributed by atoms with E-state index < -0.39 is 0 Å². The Morgan fingerprint density at radius 1 is 1.47 bits per heavy atom. The van der Waals surface area contributed by atoms with Crippen LogP contribution in [0.15, 0.2) is 12.3 Å². The van der Waals surface area contributed by atoms with Crippen molar-refractivity contribution in [2.24, 2.45) is 0 Å². The minimum absolute atomic E-state index is 0.371. The molecule has 2 aromatic heterocycles. The molecule has 0 bridgehead atoms. The van der Waals surface area contributed by atoms with Crippen LogP contribution in [0.2, 0.25) is 5.02 Å². The number of aromatic amines is 1. The maximum Gasteiger partial charge on any atom is 0.215 e. The van der Waals surface area contributed by atoms with Gasteiger partial charge in [-0.25, -0.2) is 4.98 Å². The van der Waals surface area contributed by atoms with Crippen molar-refractivity contribution in [1.29, 1.82) is 0 Å². The normalized spacial score (nSPS) is 11.3. The van der Waals surface area contributed by atoms with Gasteiger partial charge in [-0.2, -0.15) is 0 Å². The first-order valence-corrected chi connectivity index (χ1v) is 5.22. The zero-order valence-electron chi connectivity index (χ0n) is 8.97. The molecule has 0 aliphatic rings. The van der Waals surface area contributed by atoms with E-state index in [9.17, 15) is 0 Å². The van der Waals surface area contributed by atoms with Crippen LogP contribution in [-0.2, 0) is 0 Å². The van der Waals surface area contributed by atoms with Gasteiger partial charge in [-0.15, -0.1) is 0 Å². The van der Waals surface area contributed by atoms with Crippen LogP contribution in [0.5, 0.6) is 5.88 Å². The van der Waals surface area contributed by atoms with Gasteiger partial charge < -0.3 is 9.72 Å². The molecule has 2 aromatic rings. The molecule has 1 N–H and O–H groups in total. The molecule has 0 aliphatic carbocycles. The highest BCUT2D eigenvalue weighted by atomic mass is 35.5. The summed E-state index contributed by atoms with van der Waals surface area (Å²) in [5, 5.41) is 1.70. The fourth-order valence-electron chi connectivity index (χ4n) is 1.57. The number of methoxy groups -OCH3 is 1. The molecule has 0 atom stereocenters. The summed E-state index contributed by atoms with van der Waals surface area (Å²) >= 11 is 6.24. The van der Waals surface area contributed by atoms with Crippen LogP contribution in [0.4, 0.5) is 0 Å². The predicted molar refractivity (Wildman–Crippen MR) is 61.7 cm³/mol. The van der Waals surface area contributed by atoms with E-state index in [4.69, 9.17) is 16.3 Å². The van der Waals surface area contributed by atoms with Crippen molar-refractivity contribution in [2.45, 2.75) is 19.8 Å². The van der Waals surface area contributed by atoms with Gasteiger partial charge in [-0.3, -0.25) is 0 Å². The Morgan fingerprint density at radius 3 is 2.80 bits per heavy atom. The molecule has 0 saturated carbocycles. The van der Waals surface area contributed by atoms with E-state index in [-0.39, 0.29) is 0 Å². The molecule has 2 heterocycles. The Bertz CT molecular complexity index is 491. The Kier molecular flexibility index (Phi) is 2.57. The molecule has 0 unspecified atom stereocenters. The second kappa shape index (κ2) is 3.74. The number of rotatable bonds is 2. The van der Waals surface area contributed by atoms with Crippen LogP contribution in [0.1, 0.15) is 25.5 Å². The van der Waals surface area contributed by atoms with Gasteiger partial charge in [-0.05, 0) is 5.92 Å². The van der Waals surface area contributed by atoms with Crippen molar-refractivity contribution < 1.29 is 4.74 Å². The highest BCUT2D eigenvalue weighted by Crippen LogP contribution is 2.32. The van der Waals surface area contributed by atoms with E-state index in [0.717, 1.165) is 21.6 Å². The molecule has 3 nitrogen and oxygen atoms in total. The number of ether oxygens (including phenoxy) is 1. The molecule has 2 rings (SSSR count). The Labute approximate surface area is 93.4 Å². The smallest absolute Gasteiger partial charge is 0.215 e. The lowest BCUT2D eigenvalue weighted by Crippen LogP contribution is -1.87. The fourth-order valence-corrected chi connectivity index (χ4v) is 1.99. The average Bonchev–Trinajstić information content (AvgIpc) is 2.55. The average molecular weight is 225 g/mol. The lowest BCUT2D eigenvalue weighted by Gasteiger charge is -2.00. The van der Waals surface area contributed by atoms with E-state index in [0.29, 0.717) is 11.8 Å². The first-order chi connectivity index (χ1) is 7.13. The third-order valence-electron chi connectivity index (χ3n) is 2.41. The molecule has 0 spiro atoms. The minimum atomic E-state index is 0.371. The fraction of sp³-hybridized carbons (Fsp3) is 0.364. The van der Waals surface area contributed by atoms with Gasteiger partial charge in [-0.1, -0.05) is 25.4 Å². The Hall–Kier alpha value is -1.22. The predicted octanol–water partition coefficient (Wildman–Crippen LogP) is 3.35. The molecule has 0 fully saturated rings. The Balaban J connectivity index is 2.65. The third kappa shape index (κ3) is 1.67. The lowest BCUT2D eigenvalue weighted by molar-refractivity contribution is 0.398. The minimum Gasteiger partial charge on any atom is -0.481 e. The van der Waals surface area contributed by atoms with Gasteiger partial charge in [0.1, 0.15) is 0 Å². The molecule has 4 heteroatoms. The SMILES string of the molecule is COc1cc2[nH]c(C(C)C)c(Cl)c2cn1. The van der Waals surface area contributed by atoms with Crippen molar-refractivity contribution in [3.63, 3.8) is 0 Å². The molecular weight excluding hydrogens is 212 g/mol. The summed E-state index contributed by atoms with van der Waals surface area (Å²) in [7, 11) is 1.60. The van der Waals surface area contributed by atoms with Crippen LogP contribution in [0.3, 0.4) is 0 Å². The van der Waals surface area contributed by atoms with Crippen molar-refractivity contribution in [2.75, 3.05) is 7.11 Å². The van der Waals surface area contributed by atoms with Crippen LogP contribution in [-0.4, -0.2) is 17.1 Å². The van der Waals surface area contributed by atoms with Crippen LogP contribution in [0, 0.1) is 0 Å². The first-order valence-electron chi connectivity index (χ1n) is 4.84. The number of nitrogens with one attached hydrogen (secondary N) is 1. The maximum atomic E-state index is 6.24. The molecule has 0 aromatic carbocycles. The van der Waals surface area contributed by atoms with E-state index in [1.165, 1.54) is 0 Å². The molecule has 0 aliphatic heterocycles. The summed E-state index contributed by atoms with van der Waals surface area (Å²) in [6, 6.07) is 1.85. The zero-order valence-corrected chi connectivity index (χ0v) is 9.72. The van der Waals surface area contributed by atoms with Crippen LogP contribution < -0.4 is 4.74 Å². The maximum absolute atomic E-state index is 6.24. The first kappa shape index (κ1) is 10.3. The van der Waals surface area contributed by atoms with Crippen molar-refractivity contribution >= 4 is 22.5 Å². The highest BCUT2D eigenvalue weighted by molar-refractivity contribution is 6.36. The van der Waals surface area contributed by atoms with E-state index in [1.807, 2.05) is 6.07 Å². The number of hydrogen-bond acceptors (Lipinski definition) is 2. The summed E-state index contributed by atoms with van der Waals surface area (Å²) in [6.45, 7) is 4.20. The van der Waals surface area contributed by atoms with E-state index >= 15 is 0 Å². The van der Waals surface area contributed by atoms with E-state index in [2.05, 4.69) is 23.8 Å². The number of pyridine rings is 1. The summed E-state index contributed by atoms with van der Waals surface area (Å²) in [6.07, 6.45) is 1.74. The molecule has 0 radical (unpaired) electrons. The third-order valence-corrected chi connectivity index (χ3v) is 2.81. The molecular formula is C11H13ClN2O. The van der Waals surface area contributed by atoms with Crippen molar-refractivity contribution in [3.05, 3.63) is 23.0 Å². The number of hydrogen-bond donors (Lipinski definition) is 1. The highest BCUT2D eigenvalue weighted by Gasteiger charge is 2.12. The summed E-state index contributed by atoms with van der Waals surface area (Å²) < 4.78 is 5.06. The molecule has 0 amide bonds. The lowest BCUT2D eigenvalue weighted by atomic mass is 10.1. The molecule has 80 valence electrons. The summed E-state index contributed by atoms with van der Waals surface area (Å²) in [4.78, 5) is 7.42. The van der Waals surface area contributed by atoms with Gasteiger partial charge in [0.2, 0.25) is 5.88 Å². The topological polar surface area (TPSA) is 37.9 Å². The quantitative estimate of drug-likeness (QED) is 0.850. The van der Waals surface area contributed by atoms with Gasteiger partial charge in [0.25, 0.3) is 0 Å². The second-order valence-corrected chi connectivity index (χ2v) is 4.16. The number of halogens is 1. The second-order valence-electron chi connectivity index (χ2n) is 3.78.